The van der Waals surface area contributed by atoms with Gasteiger partial charge in [0.05, 0.1) is 0 Å². The lowest BCUT2D eigenvalue weighted by molar-refractivity contribution is 0.0843. The Labute approximate surface area is 455 Å². The summed E-state index contributed by atoms with van der Waals surface area (Å²) in [6.07, 6.45) is 17.7. The zero-order chi connectivity index (χ0) is 55.3. The van der Waals surface area contributed by atoms with Crippen molar-refractivity contribution in [1.82, 2.24) is 0 Å². The molecule has 0 aromatic heterocycles. The van der Waals surface area contributed by atoms with Crippen LogP contribution in [0.2, 0.25) is 0 Å². The van der Waals surface area contributed by atoms with E-state index < -0.39 is 0 Å². The van der Waals surface area contributed by atoms with Crippen LogP contribution in [0.15, 0.2) is 150 Å². The highest BCUT2D eigenvalue weighted by Gasteiger charge is 2.39. The van der Waals surface area contributed by atoms with Crippen LogP contribution in [0.1, 0.15) is 188 Å². The van der Waals surface area contributed by atoms with E-state index in [2.05, 4.69) is 222 Å². The summed E-state index contributed by atoms with van der Waals surface area (Å²) in [6.45, 7) is 38.9. The van der Waals surface area contributed by atoms with Crippen LogP contribution < -0.4 is 18.9 Å². The normalized spacial score (nSPS) is 17.8. The highest BCUT2D eigenvalue weighted by Crippen LogP contribution is 2.45. The van der Waals surface area contributed by atoms with Gasteiger partial charge >= 0.3 is 0 Å². The molecule has 2 unspecified atom stereocenters. The number of allylic oxidation sites excluding steroid dienone is 8. The van der Waals surface area contributed by atoms with Gasteiger partial charge in [-0.25, -0.2) is 0 Å². The summed E-state index contributed by atoms with van der Waals surface area (Å²) in [6, 6.07) is 35.4. The first kappa shape index (κ1) is 59.9. The molecule has 0 saturated heterocycles. The summed E-state index contributed by atoms with van der Waals surface area (Å²) in [7, 11) is 0. The largest absolute Gasteiger partial charge is 0.508 e. The van der Waals surface area contributed by atoms with Gasteiger partial charge in [0.15, 0.2) is 0 Å². The minimum atomic E-state index is -0.0720. The monoisotopic (exact) mass is 1010 g/mol. The predicted molar refractivity (Wildman–Crippen MR) is 319 cm³/mol. The molecule has 5 heteroatoms. The van der Waals surface area contributed by atoms with Gasteiger partial charge in [0.25, 0.3) is 0 Å². The van der Waals surface area contributed by atoms with Crippen LogP contribution in [0.5, 0.6) is 28.7 Å². The van der Waals surface area contributed by atoms with Crippen LogP contribution in [0.3, 0.4) is 0 Å². The number of rotatable bonds is 8. The number of ether oxygens (including phenoxy) is 4. The molecule has 75 heavy (non-hydrogen) atoms. The Balaban J connectivity index is 0.000000175. The number of aryl methyl sites for hydroxylation is 2. The standard InChI is InChI=1S/3C16H22O.2C11H14O/c1-11(2)6-7-13-8-9-15-14(10-13)16(4,5)12(3)17-15;1-11(2)6-7-13-8-9-15-14(10-13)12(3)16(4,5)17-15;1-12(2)5-6-13-7-8-15-14(11-13)9-10-16(3,4)17-15;1-11(2)8-7-9-5-3-4-6-10(9)12-11;1-9(2)3-4-10-5-7-11(12)8-6-10/h2*6,8-10,12H,7H2,1-5H3;5,7-8,11H,6,9-10H2,1-4H3;3-6H,7-8H2,1-2H3;3,5-8,12H,4H2,1-2H3. The van der Waals surface area contributed by atoms with Crippen molar-refractivity contribution in [3.05, 3.63) is 194 Å². The van der Waals surface area contributed by atoms with Crippen molar-refractivity contribution in [3.63, 3.8) is 0 Å². The minimum Gasteiger partial charge on any atom is -0.508 e. The average Bonchev–Trinajstić information content (AvgIpc) is 3.72. The van der Waals surface area contributed by atoms with Crippen molar-refractivity contribution >= 4 is 0 Å². The fourth-order valence-corrected chi connectivity index (χ4v) is 9.12. The van der Waals surface area contributed by atoms with E-state index in [-0.39, 0.29) is 28.3 Å². The van der Waals surface area contributed by atoms with Gasteiger partial charge in [-0.1, -0.05) is 134 Å². The first-order chi connectivity index (χ1) is 35.1. The summed E-state index contributed by atoms with van der Waals surface area (Å²) < 4.78 is 23.7. The molecule has 0 saturated carbocycles. The molecule has 0 amide bonds. The Morgan fingerprint density at radius 2 is 0.907 bits per heavy atom. The van der Waals surface area contributed by atoms with Crippen molar-refractivity contribution in [2.45, 2.75) is 210 Å². The second kappa shape index (κ2) is 26.2. The second-order valence-corrected chi connectivity index (χ2v) is 24.5. The van der Waals surface area contributed by atoms with E-state index in [1.54, 1.807) is 12.1 Å². The number of phenolic OH excluding ortho intramolecular Hbond substituents is 1. The Bertz CT molecular complexity index is 2770. The molecule has 0 bridgehead atoms. The molecule has 0 aliphatic carbocycles. The van der Waals surface area contributed by atoms with Crippen LogP contribution in [-0.2, 0) is 43.9 Å². The molecule has 0 spiro atoms. The Morgan fingerprint density at radius 1 is 0.480 bits per heavy atom. The maximum Gasteiger partial charge on any atom is 0.123 e. The molecule has 2 atom stereocenters. The van der Waals surface area contributed by atoms with Crippen molar-refractivity contribution in [2.24, 2.45) is 0 Å². The van der Waals surface area contributed by atoms with E-state index in [1.165, 1.54) is 66.8 Å². The van der Waals surface area contributed by atoms with Crippen molar-refractivity contribution in [1.29, 1.82) is 0 Å². The molecular weight excluding hydrogens is 921 g/mol. The van der Waals surface area contributed by atoms with E-state index in [4.69, 9.17) is 24.1 Å². The maximum absolute atomic E-state index is 9.02. The first-order valence-electron chi connectivity index (χ1n) is 27.6. The molecule has 4 heterocycles. The average molecular weight is 1020 g/mol. The summed E-state index contributed by atoms with van der Waals surface area (Å²) in [5.74, 6) is 5.04. The van der Waals surface area contributed by atoms with Crippen LogP contribution in [-0.4, -0.2) is 28.0 Å². The van der Waals surface area contributed by atoms with Crippen LogP contribution in [0, 0.1) is 0 Å². The van der Waals surface area contributed by atoms with Crippen molar-refractivity contribution in [3.8, 4) is 28.7 Å². The quantitative estimate of drug-likeness (QED) is 0.157. The van der Waals surface area contributed by atoms with E-state index in [0.29, 0.717) is 11.7 Å². The number of benzene rings is 5. The Morgan fingerprint density at radius 3 is 1.44 bits per heavy atom. The van der Waals surface area contributed by atoms with Gasteiger partial charge in [-0.15, -0.1) is 0 Å². The van der Waals surface area contributed by atoms with E-state index in [9.17, 15) is 0 Å². The van der Waals surface area contributed by atoms with Crippen LogP contribution in [0.4, 0.5) is 0 Å². The second-order valence-electron chi connectivity index (χ2n) is 24.5. The molecule has 1 N–H and O–H groups in total. The Kier molecular flexibility index (Phi) is 20.9. The molecule has 0 fully saturated rings. The van der Waals surface area contributed by atoms with Gasteiger partial charge in [0.2, 0.25) is 0 Å². The third-order valence-electron chi connectivity index (χ3n) is 14.8. The van der Waals surface area contributed by atoms with Crippen LogP contribution in [0.25, 0.3) is 0 Å². The number of phenols is 1. The lowest BCUT2D eigenvalue weighted by atomic mass is 9.81. The van der Waals surface area contributed by atoms with Crippen LogP contribution >= 0.6 is 0 Å². The van der Waals surface area contributed by atoms with Crippen molar-refractivity contribution < 1.29 is 24.1 Å². The summed E-state index contributed by atoms with van der Waals surface area (Å²) in [5.41, 5.74) is 16.3. The highest BCUT2D eigenvalue weighted by atomic mass is 16.5. The molecule has 4 aliphatic heterocycles. The molecule has 0 radical (unpaired) electrons. The molecule has 9 rings (SSSR count). The van der Waals surface area contributed by atoms with Gasteiger partial charge in [-0.05, 0) is 225 Å². The maximum atomic E-state index is 9.02. The predicted octanol–water partition coefficient (Wildman–Crippen LogP) is 18.7. The van der Waals surface area contributed by atoms with Gasteiger partial charge in [-0.2, -0.15) is 0 Å². The first-order valence-corrected chi connectivity index (χ1v) is 27.6. The number of para-hydroxylation sites is 1. The fourth-order valence-electron chi connectivity index (χ4n) is 9.12. The SMILES string of the molecule is CC(C)=CCc1ccc(O)cc1.CC(C)=CCc1ccc2c(c1)C(C)(C)C(C)O2.CC(C)=CCc1ccc2c(c1)C(C)C(C)(C)O2.CC(C)=CCc1ccc2c(c1)CCC(C)(C)O2.CC1(C)CCc2ccccc2O1. The van der Waals surface area contributed by atoms with Gasteiger partial charge in [0, 0.05) is 22.5 Å². The van der Waals surface area contributed by atoms with Gasteiger partial charge in [0.1, 0.15) is 51.7 Å². The van der Waals surface area contributed by atoms with Gasteiger partial charge < -0.3 is 24.1 Å². The van der Waals surface area contributed by atoms with E-state index >= 15 is 0 Å². The lowest BCUT2D eigenvalue weighted by Gasteiger charge is -2.32. The summed E-state index contributed by atoms with van der Waals surface area (Å²) in [5, 5.41) is 9.02. The van der Waals surface area contributed by atoms with Crippen molar-refractivity contribution in [2.75, 3.05) is 0 Å². The molecule has 4 aliphatic rings. The number of hydrogen-bond acceptors (Lipinski definition) is 5. The highest BCUT2D eigenvalue weighted by molar-refractivity contribution is 5.48. The zero-order valence-electron chi connectivity index (χ0n) is 49.5. The number of hydrogen-bond donors (Lipinski definition) is 1. The topological polar surface area (TPSA) is 57.2 Å². The smallest absolute Gasteiger partial charge is 0.123 e. The van der Waals surface area contributed by atoms with Gasteiger partial charge in [-0.3, -0.25) is 0 Å². The minimum absolute atomic E-state index is 0.00553. The molecule has 404 valence electrons. The molecule has 5 nitrogen and oxygen atoms in total. The fraction of sp³-hybridized carbons (Fsp3) is 0.457. The number of aromatic hydroxyl groups is 1. The zero-order valence-corrected chi connectivity index (χ0v) is 49.5. The molecule has 5 aromatic carbocycles. The third-order valence-corrected chi connectivity index (χ3v) is 14.8. The third kappa shape index (κ3) is 18.4. The number of fused-ring (bicyclic) bond motifs is 4. The van der Waals surface area contributed by atoms with E-state index in [1.807, 2.05) is 18.2 Å². The summed E-state index contributed by atoms with van der Waals surface area (Å²) in [4.78, 5) is 0. The summed E-state index contributed by atoms with van der Waals surface area (Å²) >= 11 is 0. The molecule has 5 aromatic rings. The lowest BCUT2D eigenvalue weighted by Crippen LogP contribution is -2.32. The Hall–Kier alpha value is -5.94. The molecular formula is C70H94O5. The van der Waals surface area contributed by atoms with E-state index in [0.717, 1.165) is 74.4 Å².